The van der Waals surface area contributed by atoms with Gasteiger partial charge in [-0.3, -0.25) is 14.2 Å². The summed E-state index contributed by atoms with van der Waals surface area (Å²) in [6.07, 6.45) is 0. The molecule has 0 aliphatic heterocycles. The normalized spacial score (nSPS) is 11.1. The zero-order valence-corrected chi connectivity index (χ0v) is 19.8. The first-order valence-electron chi connectivity index (χ1n) is 9.30. The van der Waals surface area contributed by atoms with E-state index in [1.165, 1.54) is 23.1 Å². The van der Waals surface area contributed by atoms with Gasteiger partial charge in [-0.2, -0.15) is 0 Å². The lowest BCUT2D eigenvalue weighted by atomic mass is 10.2. The fourth-order valence-corrected chi connectivity index (χ4v) is 5.54. The number of aryl methyl sites for hydroxylation is 2. The van der Waals surface area contributed by atoms with Crippen molar-refractivity contribution in [3.8, 4) is 5.69 Å². The van der Waals surface area contributed by atoms with E-state index in [1.54, 1.807) is 22.8 Å². The Hall–Kier alpha value is -2.32. The number of hydrogen-bond donors (Lipinski definition) is 1. The second kappa shape index (κ2) is 9.04. The lowest BCUT2D eigenvalue weighted by Gasteiger charge is -2.12. The van der Waals surface area contributed by atoms with Gasteiger partial charge >= 0.3 is 0 Å². The van der Waals surface area contributed by atoms with Gasteiger partial charge in [-0.05, 0) is 49.7 Å². The van der Waals surface area contributed by atoms with Crippen LogP contribution in [0.2, 0.25) is 10.0 Å². The fraction of sp³-hybridized carbons (Fsp3) is 0.136. The van der Waals surface area contributed by atoms with Crippen molar-refractivity contribution in [3.05, 3.63) is 79.4 Å². The molecule has 9 heteroatoms. The number of anilines is 1. The Kier molecular flexibility index (Phi) is 6.39. The molecule has 0 radical (unpaired) electrons. The number of rotatable bonds is 5. The van der Waals surface area contributed by atoms with Crippen molar-refractivity contribution in [1.82, 2.24) is 9.55 Å². The van der Waals surface area contributed by atoms with E-state index in [4.69, 9.17) is 28.2 Å². The number of para-hydroxylation sites is 1. The monoisotopic (exact) mass is 489 g/mol. The molecule has 4 aromatic rings. The summed E-state index contributed by atoms with van der Waals surface area (Å²) in [4.78, 5) is 32.4. The molecule has 0 atom stereocenters. The van der Waals surface area contributed by atoms with Crippen molar-refractivity contribution in [2.45, 2.75) is 19.0 Å². The summed E-state index contributed by atoms with van der Waals surface area (Å²) in [5.74, 6) is -0.186. The zero-order valence-electron chi connectivity index (χ0n) is 16.6. The second-order valence-corrected chi connectivity index (χ2v) is 9.85. The highest BCUT2D eigenvalue weighted by Crippen LogP contribution is 2.30. The third kappa shape index (κ3) is 4.65. The van der Waals surface area contributed by atoms with Gasteiger partial charge in [0.15, 0.2) is 5.16 Å². The average Bonchev–Trinajstić information content (AvgIpc) is 3.00. The fourth-order valence-electron chi connectivity index (χ4n) is 3.13. The van der Waals surface area contributed by atoms with Crippen molar-refractivity contribution in [2.75, 3.05) is 11.1 Å². The van der Waals surface area contributed by atoms with Crippen molar-refractivity contribution in [2.24, 2.45) is 0 Å². The Balaban J connectivity index is 1.68. The molecule has 0 unspecified atom stereocenters. The molecule has 1 amide bonds. The predicted molar refractivity (Wildman–Crippen MR) is 131 cm³/mol. The number of hydrogen-bond acceptors (Lipinski definition) is 5. The van der Waals surface area contributed by atoms with Gasteiger partial charge in [0.2, 0.25) is 5.91 Å². The van der Waals surface area contributed by atoms with Gasteiger partial charge in [0.25, 0.3) is 5.56 Å². The van der Waals surface area contributed by atoms with Gasteiger partial charge in [-0.25, -0.2) is 4.98 Å². The number of benzene rings is 2. The maximum absolute atomic E-state index is 13.4. The maximum Gasteiger partial charge on any atom is 0.267 e. The first-order valence-corrected chi connectivity index (χ1v) is 11.9. The van der Waals surface area contributed by atoms with E-state index in [-0.39, 0.29) is 17.2 Å². The Morgan fingerprint density at radius 3 is 2.48 bits per heavy atom. The van der Waals surface area contributed by atoms with Crippen LogP contribution in [0.4, 0.5) is 5.69 Å². The highest BCUT2D eigenvalue weighted by Gasteiger charge is 2.18. The Morgan fingerprint density at radius 2 is 1.81 bits per heavy atom. The Morgan fingerprint density at radius 1 is 1.13 bits per heavy atom. The molecule has 4 rings (SSSR count). The molecule has 31 heavy (non-hydrogen) atoms. The van der Waals surface area contributed by atoms with Crippen molar-refractivity contribution >= 4 is 68.1 Å². The molecule has 0 fully saturated rings. The maximum atomic E-state index is 13.4. The van der Waals surface area contributed by atoms with Crippen LogP contribution in [0.25, 0.3) is 15.9 Å². The molecule has 0 saturated carbocycles. The first kappa shape index (κ1) is 21.9. The molecule has 158 valence electrons. The van der Waals surface area contributed by atoms with Gasteiger partial charge < -0.3 is 5.32 Å². The van der Waals surface area contributed by atoms with E-state index >= 15 is 0 Å². The van der Waals surface area contributed by atoms with E-state index in [1.807, 2.05) is 44.2 Å². The summed E-state index contributed by atoms with van der Waals surface area (Å²) in [6, 6.07) is 14.1. The number of aromatic nitrogens is 2. The van der Waals surface area contributed by atoms with E-state index in [9.17, 15) is 9.59 Å². The smallest absolute Gasteiger partial charge is 0.267 e. The second-order valence-electron chi connectivity index (χ2n) is 6.83. The van der Waals surface area contributed by atoms with Crippen LogP contribution in [0, 0.1) is 13.8 Å². The van der Waals surface area contributed by atoms with Gasteiger partial charge in [0.1, 0.15) is 4.83 Å². The number of fused-ring (bicyclic) bond motifs is 1. The molecule has 2 aromatic carbocycles. The minimum absolute atomic E-state index is 0.0677. The van der Waals surface area contributed by atoms with Crippen LogP contribution < -0.4 is 10.9 Å². The number of thioether (sulfide) groups is 1. The van der Waals surface area contributed by atoms with E-state index in [2.05, 4.69) is 5.32 Å². The molecule has 2 heterocycles. The topological polar surface area (TPSA) is 64.0 Å². The lowest BCUT2D eigenvalue weighted by Crippen LogP contribution is -2.22. The number of thiophene rings is 1. The summed E-state index contributed by atoms with van der Waals surface area (Å²) in [6.45, 7) is 3.91. The summed E-state index contributed by atoms with van der Waals surface area (Å²) in [5.41, 5.74) is 2.02. The number of halogens is 2. The summed E-state index contributed by atoms with van der Waals surface area (Å²) in [7, 11) is 0. The van der Waals surface area contributed by atoms with E-state index in [0.29, 0.717) is 36.8 Å². The van der Waals surface area contributed by atoms with Gasteiger partial charge in [-0.15, -0.1) is 11.3 Å². The Bertz CT molecular complexity index is 1330. The van der Waals surface area contributed by atoms with E-state index in [0.717, 1.165) is 10.4 Å². The highest BCUT2D eigenvalue weighted by atomic mass is 35.5. The number of nitrogens with zero attached hydrogens (tertiary/aromatic N) is 2. The van der Waals surface area contributed by atoms with Crippen LogP contribution in [0.5, 0.6) is 0 Å². The van der Waals surface area contributed by atoms with Crippen LogP contribution in [-0.4, -0.2) is 21.2 Å². The molecular weight excluding hydrogens is 473 g/mol. The quantitative estimate of drug-likeness (QED) is 0.271. The highest BCUT2D eigenvalue weighted by molar-refractivity contribution is 7.99. The Labute approximate surface area is 197 Å². The largest absolute Gasteiger partial charge is 0.325 e. The third-order valence-corrected chi connectivity index (χ3v) is 7.14. The molecule has 0 aliphatic carbocycles. The number of carbonyl (C=O) groups excluding carboxylic acids is 1. The first-order chi connectivity index (χ1) is 14.8. The minimum Gasteiger partial charge on any atom is -0.325 e. The molecule has 0 bridgehead atoms. The summed E-state index contributed by atoms with van der Waals surface area (Å²) < 4.78 is 1.57. The molecule has 0 spiro atoms. The third-order valence-electron chi connectivity index (χ3n) is 4.67. The molecule has 0 saturated heterocycles. The van der Waals surface area contributed by atoms with Crippen LogP contribution in [0.15, 0.2) is 58.5 Å². The molecule has 1 N–H and O–H groups in total. The van der Waals surface area contributed by atoms with Crippen LogP contribution in [-0.2, 0) is 4.79 Å². The van der Waals surface area contributed by atoms with E-state index < -0.39 is 0 Å². The lowest BCUT2D eigenvalue weighted by molar-refractivity contribution is -0.113. The summed E-state index contributed by atoms with van der Waals surface area (Å²) in [5, 5.41) is 4.73. The van der Waals surface area contributed by atoms with Crippen LogP contribution in [0.1, 0.15) is 10.4 Å². The standard InChI is InChI=1S/C22H17Cl2N3O2S2/c1-12-13(2)31-20-19(12)21(29)27(17-6-4-3-5-7-17)22(26-20)30-11-18(28)25-16-9-14(23)8-15(24)10-16/h3-10H,11H2,1-2H3,(H,25,28). The molecule has 2 aromatic heterocycles. The van der Waals surface area contributed by atoms with Gasteiger partial charge in [0.05, 0.1) is 16.8 Å². The predicted octanol–water partition coefficient (Wildman–Crippen LogP) is 6.10. The van der Waals surface area contributed by atoms with Gasteiger partial charge in [0, 0.05) is 20.6 Å². The van der Waals surface area contributed by atoms with Crippen molar-refractivity contribution in [3.63, 3.8) is 0 Å². The van der Waals surface area contributed by atoms with Gasteiger partial charge in [-0.1, -0.05) is 53.2 Å². The molecule has 5 nitrogen and oxygen atoms in total. The number of carbonyl (C=O) groups is 1. The SMILES string of the molecule is Cc1sc2nc(SCC(=O)Nc3cc(Cl)cc(Cl)c3)n(-c3ccccc3)c(=O)c2c1C. The number of amides is 1. The summed E-state index contributed by atoms with van der Waals surface area (Å²) >= 11 is 14.7. The number of nitrogens with one attached hydrogen (secondary N) is 1. The van der Waals surface area contributed by atoms with Crippen molar-refractivity contribution < 1.29 is 4.79 Å². The molecule has 0 aliphatic rings. The van der Waals surface area contributed by atoms with Crippen molar-refractivity contribution in [1.29, 1.82) is 0 Å². The molecular formula is C22H17Cl2N3O2S2. The zero-order chi connectivity index (χ0) is 22.1. The van der Waals surface area contributed by atoms with Crippen LogP contribution in [0.3, 0.4) is 0 Å². The average molecular weight is 490 g/mol. The van der Waals surface area contributed by atoms with Crippen LogP contribution >= 0.6 is 46.3 Å². The minimum atomic E-state index is -0.254.